The van der Waals surface area contributed by atoms with Gasteiger partial charge in [-0.1, -0.05) is 25.5 Å². The second-order valence-electron chi connectivity index (χ2n) is 8.68. The third-order valence-corrected chi connectivity index (χ3v) is 7.80. The van der Waals surface area contributed by atoms with Crippen molar-refractivity contribution in [2.24, 2.45) is 5.92 Å². The molecule has 0 atom stereocenters. The number of hydrogen-bond acceptors (Lipinski definition) is 6. The average Bonchev–Trinajstić information content (AvgIpc) is 3.35. The fourth-order valence-corrected chi connectivity index (χ4v) is 5.41. The van der Waals surface area contributed by atoms with Crippen molar-refractivity contribution < 1.29 is 31.9 Å². The largest absolute Gasteiger partial charge is 0.495 e. The quantitative estimate of drug-likeness (QED) is 0.407. The summed E-state index contributed by atoms with van der Waals surface area (Å²) >= 11 is 0. The van der Waals surface area contributed by atoms with Gasteiger partial charge in [-0.25, -0.2) is 9.18 Å². The molecule has 0 aliphatic heterocycles. The zero-order valence-corrected chi connectivity index (χ0v) is 20.3. The molecule has 1 saturated carbocycles. The van der Waals surface area contributed by atoms with Gasteiger partial charge in [0.1, 0.15) is 17.8 Å². The maximum atomic E-state index is 14.1. The third-order valence-electron chi connectivity index (χ3n) is 6.58. The molecule has 186 valence electrons. The first-order chi connectivity index (χ1) is 16.7. The third kappa shape index (κ3) is 5.32. The summed E-state index contributed by atoms with van der Waals surface area (Å²) in [6.07, 6.45) is 7.04. The molecule has 0 radical (unpaired) electrons. The van der Waals surface area contributed by atoms with Gasteiger partial charge in [-0.2, -0.15) is 13.4 Å². The number of aromatic nitrogens is 1. The number of benzene rings is 2. The van der Waals surface area contributed by atoms with Crippen LogP contribution in [0.1, 0.15) is 60.9 Å². The number of sulfonamides is 1. The van der Waals surface area contributed by atoms with Crippen molar-refractivity contribution in [3.8, 4) is 17.2 Å². The van der Waals surface area contributed by atoms with Crippen LogP contribution in [0.4, 0.5) is 10.1 Å². The molecule has 10 heteroatoms. The molecular weight excluding hydrogens is 475 g/mol. The summed E-state index contributed by atoms with van der Waals surface area (Å²) in [5, 5.41) is 8.65. The van der Waals surface area contributed by atoms with Crippen LogP contribution < -0.4 is 9.46 Å². The van der Waals surface area contributed by atoms with Crippen molar-refractivity contribution in [2.45, 2.75) is 50.0 Å². The number of nitrogens with one attached hydrogen (secondary N) is 1. The Morgan fingerprint density at radius 2 is 1.89 bits per heavy atom. The molecule has 3 aromatic rings. The molecule has 2 N–H and O–H groups in total. The minimum atomic E-state index is -4.27. The summed E-state index contributed by atoms with van der Waals surface area (Å²) in [5.74, 6) is -1.29. The van der Waals surface area contributed by atoms with Gasteiger partial charge in [-0.05, 0) is 61.3 Å². The summed E-state index contributed by atoms with van der Waals surface area (Å²) in [4.78, 5) is 15.2. The zero-order valence-electron chi connectivity index (χ0n) is 19.5. The molecule has 0 amide bonds. The van der Waals surface area contributed by atoms with Crippen LogP contribution in [0.15, 0.2) is 52.1 Å². The first-order valence-electron chi connectivity index (χ1n) is 11.4. The van der Waals surface area contributed by atoms with Crippen molar-refractivity contribution in [1.82, 2.24) is 4.98 Å². The van der Waals surface area contributed by atoms with Crippen LogP contribution in [0.5, 0.6) is 5.75 Å². The van der Waals surface area contributed by atoms with Crippen LogP contribution in [-0.4, -0.2) is 31.6 Å². The first kappa shape index (κ1) is 24.7. The van der Waals surface area contributed by atoms with Gasteiger partial charge < -0.3 is 14.3 Å². The number of halogens is 1. The highest BCUT2D eigenvalue weighted by atomic mass is 32.2. The normalized spacial score (nSPS) is 18.3. The van der Waals surface area contributed by atoms with E-state index in [4.69, 9.17) is 14.3 Å². The highest BCUT2D eigenvalue weighted by molar-refractivity contribution is 7.92. The van der Waals surface area contributed by atoms with Crippen molar-refractivity contribution in [1.29, 1.82) is 0 Å². The van der Waals surface area contributed by atoms with Gasteiger partial charge in [0, 0.05) is 11.6 Å². The summed E-state index contributed by atoms with van der Waals surface area (Å²) in [6, 6.07) is 9.43. The topological polar surface area (TPSA) is 119 Å². The number of rotatable bonds is 8. The molecule has 35 heavy (non-hydrogen) atoms. The molecule has 0 saturated heterocycles. The number of anilines is 1. The molecule has 8 nitrogen and oxygen atoms in total. The highest BCUT2D eigenvalue weighted by Crippen LogP contribution is 2.37. The molecule has 0 bridgehead atoms. The van der Waals surface area contributed by atoms with Gasteiger partial charge in [0.15, 0.2) is 0 Å². The molecular formula is C25H27FN2O6S. The van der Waals surface area contributed by atoms with Gasteiger partial charge >= 0.3 is 5.97 Å². The van der Waals surface area contributed by atoms with Crippen LogP contribution in [0.3, 0.4) is 0 Å². The van der Waals surface area contributed by atoms with Crippen molar-refractivity contribution >= 4 is 21.7 Å². The van der Waals surface area contributed by atoms with Crippen LogP contribution in [0.25, 0.3) is 11.5 Å². The van der Waals surface area contributed by atoms with Gasteiger partial charge in [0.25, 0.3) is 10.0 Å². The Kier molecular flexibility index (Phi) is 7.11. The van der Waals surface area contributed by atoms with Crippen molar-refractivity contribution in [3.05, 3.63) is 59.6 Å². The fraction of sp³-hybridized carbons (Fsp3) is 0.360. The number of carbonyl (C=O) groups is 1. The average molecular weight is 503 g/mol. The fourth-order valence-electron chi connectivity index (χ4n) is 4.48. The predicted octanol–water partition coefficient (Wildman–Crippen LogP) is 5.67. The Bertz CT molecular complexity index is 1310. The predicted molar refractivity (Wildman–Crippen MR) is 128 cm³/mol. The number of hydrogen-bond donors (Lipinski definition) is 2. The van der Waals surface area contributed by atoms with Crippen molar-refractivity contribution in [3.63, 3.8) is 0 Å². The maximum Gasteiger partial charge on any atom is 0.338 e. The molecule has 0 unspecified atom stereocenters. The highest BCUT2D eigenvalue weighted by Gasteiger charge is 2.25. The van der Waals surface area contributed by atoms with E-state index >= 15 is 0 Å². The first-order valence-corrected chi connectivity index (χ1v) is 12.9. The van der Waals surface area contributed by atoms with Crippen LogP contribution in [-0.2, 0) is 10.0 Å². The van der Waals surface area contributed by atoms with E-state index in [9.17, 15) is 17.6 Å². The smallest absolute Gasteiger partial charge is 0.338 e. The van der Waals surface area contributed by atoms with Crippen LogP contribution in [0.2, 0.25) is 0 Å². The number of ether oxygens (including phenoxy) is 1. The van der Waals surface area contributed by atoms with E-state index in [0.29, 0.717) is 11.5 Å². The number of oxazole rings is 1. The van der Waals surface area contributed by atoms with E-state index in [1.165, 1.54) is 44.8 Å². The maximum absolute atomic E-state index is 14.1. The summed E-state index contributed by atoms with van der Waals surface area (Å²) in [7, 11) is -3.05. The van der Waals surface area contributed by atoms with Gasteiger partial charge in [-0.3, -0.25) is 4.72 Å². The molecule has 2 aromatic carbocycles. The number of nitrogens with zero attached hydrogens (tertiary/aromatic N) is 1. The summed E-state index contributed by atoms with van der Waals surface area (Å²) in [6.45, 7) is 2.24. The molecule has 1 fully saturated rings. The second-order valence-corrected chi connectivity index (χ2v) is 10.3. The Morgan fingerprint density at radius 1 is 1.20 bits per heavy atom. The molecule has 1 heterocycles. The second kappa shape index (κ2) is 10.1. The van der Waals surface area contributed by atoms with E-state index in [0.717, 1.165) is 24.3 Å². The van der Waals surface area contributed by atoms with Crippen LogP contribution in [0, 0.1) is 11.7 Å². The lowest BCUT2D eigenvalue weighted by Gasteiger charge is -2.28. The number of carboxylic acid groups (broad SMARTS) is 1. The molecule has 1 aliphatic rings. The molecule has 4 rings (SSSR count). The summed E-state index contributed by atoms with van der Waals surface area (Å²) < 4.78 is 52.4. The number of aromatic carboxylic acids is 1. The summed E-state index contributed by atoms with van der Waals surface area (Å²) in [5.41, 5.74) is 0.979. The van der Waals surface area contributed by atoms with Crippen LogP contribution >= 0.6 is 0 Å². The monoisotopic (exact) mass is 502 g/mol. The lowest BCUT2D eigenvalue weighted by atomic mass is 9.78. The van der Waals surface area contributed by atoms with Crippen molar-refractivity contribution in [2.75, 3.05) is 11.8 Å². The van der Waals surface area contributed by atoms with Gasteiger partial charge in [-0.15, -0.1) is 0 Å². The van der Waals surface area contributed by atoms with E-state index < -0.39 is 32.4 Å². The zero-order chi connectivity index (χ0) is 25.2. The number of carboxylic acids is 1. The van der Waals surface area contributed by atoms with Gasteiger partial charge in [0.05, 0.1) is 18.4 Å². The molecule has 1 aromatic heterocycles. The van der Waals surface area contributed by atoms with E-state index in [-0.39, 0.29) is 17.3 Å². The van der Waals surface area contributed by atoms with E-state index in [2.05, 4.69) is 16.6 Å². The minimum absolute atomic E-state index is 0.131. The molecule has 0 spiro atoms. The lowest BCUT2D eigenvalue weighted by molar-refractivity contribution is 0.0691. The Balaban J connectivity index is 1.51. The minimum Gasteiger partial charge on any atom is -0.495 e. The standard InChI is InChI=1S/C25H27FN2O6S/c1-3-15-4-6-16(7-5-15)17-8-10-18(11-9-17)24-27-23(14-34-24)35(31,32)28-21-13-20(26)19(25(29)30)12-22(21)33-2/h8-16,28H,3-7H2,1-2H3,(H,29,30)/t15-,16-. The number of methoxy groups -OCH3 is 1. The Hall–Kier alpha value is -3.40. The van der Waals surface area contributed by atoms with E-state index in [1.807, 2.05) is 24.3 Å². The lowest BCUT2D eigenvalue weighted by Crippen LogP contribution is -2.15. The van der Waals surface area contributed by atoms with Gasteiger partial charge in [0.2, 0.25) is 10.9 Å². The Labute approximate surface area is 203 Å². The SMILES string of the molecule is CC[C@H]1CC[C@H](c2ccc(-c3nc(S(=O)(=O)Nc4cc(F)c(C(=O)O)cc4OC)co3)cc2)CC1. The molecule has 1 aliphatic carbocycles. The van der Waals surface area contributed by atoms with E-state index in [1.54, 1.807) is 0 Å². The Morgan fingerprint density at radius 3 is 2.49 bits per heavy atom.